The van der Waals surface area contributed by atoms with Crippen molar-refractivity contribution < 1.29 is 22.3 Å². The van der Waals surface area contributed by atoms with Gasteiger partial charge in [0.25, 0.3) is 0 Å². The summed E-state index contributed by atoms with van der Waals surface area (Å²) in [7, 11) is 0. The second-order valence-corrected chi connectivity index (χ2v) is 7.66. The van der Waals surface area contributed by atoms with E-state index < -0.39 is 11.7 Å². The summed E-state index contributed by atoms with van der Waals surface area (Å²) in [5, 5.41) is 0.870. The van der Waals surface area contributed by atoms with Gasteiger partial charge in [-0.2, -0.15) is 13.2 Å². The zero-order valence-electron chi connectivity index (χ0n) is 15.1. The predicted octanol–water partition coefficient (Wildman–Crippen LogP) is 5.31. The van der Waals surface area contributed by atoms with Gasteiger partial charge in [0.1, 0.15) is 11.3 Å². The maximum atomic E-state index is 12.9. The molecule has 8 heteroatoms. The number of alkyl halides is 3. The zero-order chi connectivity index (χ0) is 20.3. The van der Waals surface area contributed by atoms with Crippen LogP contribution in [0.5, 0.6) is 5.75 Å². The molecule has 5 rings (SSSR count). The lowest BCUT2D eigenvalue weighted by molar-refractivity contribution is -0.137. The smallest absolute Gasteiger partial charge is 0.416 e. The minimum atomic E-state index is -4.47. The number of aryl methyl sites for hydroxylation is 1. The first kappa shape index (κ1) is 18.4. The highest BCUT2D eigenvalue weighted by molar-refractivity contribution is 6.33. The summed E-state index contributed by atoms with van der Waals surface area (Å²) in [5.41, 5.74) is 2.20. The first-order valence-corrected chi connectivity index (χ1v) is 9.55. The van der Waals surface area contributed by atoms with Gasteiger partial charge in [-0.15, -0.1) is 0 Å². The van der Waals surface area contributed by atoms with Gasteiger partial charge in [0.05, 0.1) is 28.4 Å². The number of nitrogens with zero attached hydrogens (tertiary/aromatic N) is 1. The van der Waals surface area contributed by atoms with E-state index in [1.807, 2.05) is 12.1 Å². The Bertz CT molecular complexity index is 1200. The fraction of sp³-hybridized carbons (Fsp3) is 0.286. The molecule has 4 nitrogen and oxygen atoms in total. The molecule has 0 unspecified atom stereocenters. The Kier molecular flexibility index (Phi) is 4.07. The summed E-state index contributed by atoms with van der Waals surface area (Å²) in [6.45, 7) is 0.429. The molecule has 0 radical (unpaired) electrons. The van der Waals surface area contributed by atoms with E-state index >= 15 is 0 Å². The molecule has 0 N–H and O–H groups in total. The van der Waals surface area contributed by atoms with Gasteiger partial charge < -0.3 is 14.1 Å². The molecule has 3 aromatic rings. The van der Waals surface area contributed by atoms with Crippen LogP contribution in [0.3, 0.4) is 0 Å². The van der Waals surface area contributed by atoms with Crippen molar-refractivity contribution in [1.29, 1.82) is 0 Å². The monoisotopic (exact) mass is 421 g/mol. The average Bonchev–Trinajstić information content (AvgIpc) is 3.18. The van der Waals surface area contributed by atoms with E-state index in [2.05, 4.69) is 0 Å². The minimum Gasteiger partial charge on any atom is -0.473 e. The van der Waals surface area contributed by atoms with Crippen molar-refractivity contribution in [3.63, 3.8) is 0 Å². The van der Waals surface area contributed by atoms with Crippen LogP contribution >= 0.6 is 11.6 Å². The summed E-state index contributed by atoms with van der Waals surface area (Å²) in [5.74, 6) is 0.595. The average molecular weight is 422 g/mol. The van der Waals surface area contributed by atoms with Crippen LogP contribution in [0.15, 0.2) is 39.5 Å². The molecule has 0 atom stereocenters. The topological polar surface area (TPSA) is 42.7 Å². The lowest BCUT2D eigenvalue weighted by atomic mass is 10.0. The van der Waals surface area contributed by atoms with Crippen LogP contribution in [0.1, 0.15) is 28.7 Å². The summed E-state index contributed by atoms with van der Waals surface area (Å²) in [4.78, 5) is 14.1. The molecular formula is C21H15ClF3NO3. The van der Waals surface area contributed by atoms with Gasteiger partial charge in [-0.1, -0.05) is 11.6 Å². The normalized spacial score (nSPS) is 15.9. The number of benzene rings is 2. The van der Waals surface area contributed by atoms with Gasteiger partial charge in [-0.25, -0.2) is 4.79 Å². The Morgan fingerprint density at radius 1 is 1.03 bits per heavy atom. The third kappa shape index (κ3) is 2.95. The van der Waals surface area contributed by atoms with Crippen LogP contribution < -0.4 is 15.3 Å². The van der Waals surface area contributed by atoms with Crippen LogP contribution in [0.2, 0.25) is 5.02 Å². The first-order chi connectivity index (χ1) is 13.8. The molecule has 0 amide bonds. The number of rotatable bonds is 1. The van der Waals surface area contributed by atoms with E-state index in [1.165, 1.54) is 6.07 Å². The second kappa shape index (κ2) is 6.42. The van der Waals surface area contributed by atoms with Gasteiger partial charge in [-0.3, -0.25) is 0 Å². The van der Waals surface area contributed by atoms with E-state index in [-0.39, 0.29) is 17.4 Å². The maximum Gasteiger partial charge on any atom is 0.416 e. The summed E-state index contributed by atoms with van der Waals surface area (Å²) in [6, 6.07) is 6.98. The number of fused-ring (bicyclic) bond motifs is 5. The van der Waals surface area contributed by atoms with Gasteiger partial charge in [0.15, 0.2) is 6.73 Å². The van der Waals surface area contributed by atoms with Crippen molar-refractivity contribution in [2.45, 2.75) is 32.0 Å². The predicted molar refractivity (Wildman–Crippen MR) is 103 cm³/mol. The van der Waals surface area contributed by atoms with Gasteiger partial charge in [0.2, 0.25) is 0 Å². The fourth-order valence-corrected chi connectivity index (χ4v) is 4.45. The Morgan fingerprint density at radius 2 is 1.83 bits per heavy atom. The van der Waals surface area contributed by atoms with Crippen molar-refractivity contribution in [1.82, 2.24) is 0 Å². The van der Waals surface area contributed by atoms with Crippen molar-refractivity contribution in [3.05, 3.63) is 68.0 Å². The standard InChI is InChI=1S/C21H15ClF3NO3/c22-16-8-11(21(23,24)25)4-6-17(16)26-9-15-18(28-10-26)7-5-13-12-2-1-3-14(12)20(27)29-19(13)15/h4-8H,1-3,9-10H2. The van der Waals surface area contributed by atoms with Gasteiger partial charge in [0, 0.05) is 10.9 Å². The molecule has 0 bridgehead atoms. The molecule has 29 heavy (non-hydrogen) atoms. The SMILES string of the molecule is O=c1oc2c3c(ccc2c2c1CCC2)OCN(c1ccc(C(F)(F)F)cc1Cl)C3. The van der Waals surface area contributed by atoms with E-state index in [0.717, 1.165) is 41.5 Å². The van der Waals surface area contributed by atoms with Crippen LogP contribution in [-0.2, 0) is 25.6 Å². The summed E-state index contributed by atoms with van der Waals surface area (Å²) < 4.78 is 50.2. The molecule has 2 heterocycles. The fourth-order valence-electron chi connectivity index (χ4n) is 4.15. The Balaban J connectivity index is 1.58. The lowest BCUT2D eigenvalue weighted by Crippen LogP contribution is -2.32. The van der Waals surface area contributed by atoms with E-state index in [4.69, 9.17) is 20.8 Å². The van der Waals surface area contributed by atoms with E-state index in [0.29, 0.717) is 35.5 Å². The molecular weight excluding hydrogens is 407 g/mol. The summed E-state index contributed by atoms with van der Waals surface area (Å²) in [6.07, 6.45) is -2.01. The Hall–Kier alpha value is -2.67. The molecule has 1 aliphatic heterocycles. The minimum absolute atomic E-state index is 0.0190. The van der Waals surface area contributed by atoms with Crippen molar-refractivity contribution in [2.24, 2.45) is 0 Å². The third-order valence-electron chi connectivity index (χ3n) is 5.54. The van der Waals surface area contributed by atoms with Crippen LogP contribution in [0.4, 0.5) is 18.9 Å². The van der Waals surface area contributed by atoms with Crippen LogP contribution in [-0.4, -0.2) is 6.73 Å². The third-order valence-corrected chi connectivity index (χ3v) is 5.84. The van der Waals surface area contributed by atoms with Crippen molar-refractivity contribution in [3.8, 4) is 5.75 Å². The number of hydrogen-bond donors (Lipinski definition) is 0. The number of ether oxygens (including phenoxy) is 1. The largest absolute Gasteiger partial charge is 0.473 e. The van der Waals surface area contributed by atoms with Crippen molar-refractivity contribution >= 4 is 28.3 Å². The van der Waals surface area contributed by atoms with Crippen molar-refractivity contribution in [2.75, 3.05) is 11.6 Å². The number of halogens is 4. The molecule has 0 saturated heterocycles. The molecule has 150 valence electrons. The number of anilines is 1. The molecule has 0 spiro atoms. The molecule has 2 aromatic carbocycles. The zero-order valence-corrected chi connectivity index (χ0v) is 15.9. The summed E-state index contributed by atoms with van der Waals surface area (Å²) >= 11 is 6.15. The Labute approximate surface area is 168 Å². The molecule has 0 fully saturated rings. The highest BCUT2D eigenvalue weighted by atomic mass is 35.5. The highest BCUT2D eigenvalue weighted by Gasteiger charge is 2.32. The van der Waals surface area contributed by atoms with E-state index in [1.54, 1.807) is 4.90 Å². The quantitative estimate of drug-likeness (QED) is 0.499. The highest BCUT2D eigenvalue weighted by Crippen LogP contribution is 2.40. The Morgan fingerprint density at radius 3 is 2.59 bits per heavy atom. The second-order valence-electron chi connectivity index (χ2n) is 7.25. The molecule has 2 aliphatic rings. The molecule has 1 aromatic heterocycles. The van der Waals surface area contributed by atoms with Gasteiger partial charge in [-0.05, 0) is 55.2 Å². The van der Waals surface area contributed by atoms with Crippen LogP contribution in [0, 0.1) is 0 Å². The van der Waals surface area contributed by atoms with E-state index in [9.17, 15) is 18.0 Å². The first-order valence-electron chi connectivity index (χ1n) is 9.18. The molecule has 0 saturated carbocycles. The molecule has 1 aliphatic carbocycles. The maximum absolute atomic E-state index is 12.9. The lowest BCUT2D eigenvalue weighted by Gasteiger charge is -2.32. The number of hydrogen-bond acceptors (Lipinski definition) is 4. The van der Waals surface area contributed by atoms with Crippen LogP contribution in [0.25, 0.3) is 11.0 Å². The van der Waals surface area contributed by atoms with Gasteiger partial charge >= 0.3 is 11.8 Å².